The third kappa shape index (κ3) is 2.07. The van der Waals surface area contributed by atoms with E-state index in [4.69, 9.17) is 10.5 Å². The largest absolute Gasteiger partial charge is 0.380 e. The number of nitrogens with zero attached hydrogens (tertiary/aromatic N) is 1. The summed E-state index contributed by atoms with van der Waals surface area (Å²) in [4.78, 5) is 13.8. The zero-order chi connectivity index (χ0) is 9.97. The fourth-order valence-electron chi connectivity index (χ4n) is 2.09. The van der Waals surface area contributed by atoms with E-state index in [1.54, 1.807) is 0 Å². The Morgan fingerprint density at radius 2 is 2.07 bits per heavy atom. The number of hydrogen-bond donors (Lipinski definition) is 1. The van der Waals surface area contributed by atoms with Gasteiger partial charge >= 0.3 is 0 Å². The van der Waals surface area contributed by atoms with Crippen LogP contribution < -0.4 is 5.73 Å². The summed E-state index contributed by atoms with van der Waals surface area (Å²) < 4.78 is 5.31. The van der Waals surface area contributed by atoms with E-state index < -0.39 is 0 Å². The number of carbonyl (C=O) groups is 1. The van der Waals surface area contributed by atoms with Gasteiger partial charge in [0.25, 0.3) is 0 Å². The SMILES string of the molecule is NC1CC(C(=O)N2CCCOCC2)C1. The van der Waals surface area contributed by atoms with Crippen molar-refractivity contribution in [3.05, 3.63) is 0 Å². The first-order chi connectivity index (χ1) is 6.77. The van der Waals surface area contributed by atoms with Gasteiger partial charge in [0.2, 0.25) is 5.91 Å². The Balaban J connectivity index is 1.83. The quantitative estimate of drug-likeness (QED) is 0.644. The third-order valence-corrected chi connectivity index (χ3v) is 3.06. The van der Waals surface area contributed by atoms with Crippen LogP contribution in [0.2, 0.25) is 0 Å². The van der Waals surface area contributed by atoms with Crippen LogP contribution in [-0.4, -0.2) is 43.2 Å². The average molecular weight is 198 g/mol. The maximum Gasteiger partial charge on any atom is 0.225 e. The van der Waals surface area contributed by atoms with Crippen LogP contribution in [0.5, 0.6) is 0 Å². The standard InChI is InChI=1S/C10H18N2O2/c11-9-6-8(7-9)10(13)12-2-1-4-14-5-3-12/h8-9H,1-7,11H2. The van der Waals surface area contributed by atoms with Gasteiger partial charge in [0.05, 0.1) is 6.61 Å². The van der Waals surface area contributed by atoms with Crippen molar-refractivity contribution in [1.82, 2.24) is 4.90 Å². The smallest absolute Gasteiger partial charge is 0.225 e. The minimum atomic E-state index is 0.197. The van der Waals surface area contributed by atoms with Crippen molar-refractivity contribution in [2.45, 2.75) is 25.3 Å². The Hall–Kier alpha value is -0.610. The summed E-state index contributed by atoms with van der Waals surface area (Å²) in [5.41, 5.74) is 5.67. The summed E-state index contributed by atoms with van der Waals surface area (Å²) in [6.07, 6.45) is 2.71. The van der Waals surface area contributed by atoms with Gasteiger partial charge in [0.1, 0.15) is 0 Å². The number of hydrogen-bond acceptors (Lipinski definition) is 3. The molecule has 4 heteroatoms. The van der Waals surface area contributed by atoms with E-state index in [2.05, 4.69) is 0 Å². The molecule has 4 nitrogen and oxygen atoms in total. The predicted molar refractivity (Wildman–Crippen MR) is 52.7 cm³/mol. The molecule has 1 amide bonds. The van der Waals surface area contributed by atoms with Crippen LogP contribution in [0.1, 0.15) is 19.3 Å². The molecule has 0 unspecified atom stereocenters. The zero-order valence-electron chi connectivity index (χ0n) is 8.45. The lowest BCUT2D eigenvalue weighted by atomic mass is 9.80. The van der Waals surface area contributed by atoms with Crippen molar-refractivity contribution in [2.75, 3.05) is 26.3 Å². The minimum Gasteiger partial charge on any atom is -0.380 e. The summed E-state index contributed by atoms with van der Waals surface area (Å²) in [7, 11) is 0. The van der Waals surface area contributed by atoms with E-state index in [-0.39, 0.29) is 17.9 Å². The van der Waals surface area contributed by atoms with E-state index in [1.165, 1.54) is 0 Å². The Morgan fingerprint density at radius 3 is 2.79 bits per heavy atom. The van der Waals surface area contributed by atoms with Gasteiger partial charge in [-0.15, -0.1) is 0 Å². The second-order valence-corrected chi connectivity index (χ2v) is 4.22. The van der Waals surface area contributed by atoms with Gasteiger partial charge in [0.15, 0.2) is 0 Å². The van der Waals surface area contributed by atoms with Gasteiger partial charge in [-0.2, -0.15) is 0 Å². The minimum absolute atomic E-state index is 0.197. The lowest BCUT2D eigenvalue weighted by Crippen LogP contribution is -2.47. The lowest BCUT2D eigenvalue weighted by molar-refractivity contribution is -0.138. The summed E-state index contributed by atoms with van der Waals surface area (Å²) in [6, 6.07) is 0.257. The number of carbonyl (C=O) groups excluding carboxylic acids is 1. The molecule has 1 saturated carbocycles. The van der Waals surface area contributed by atoms with Crippen LogP contribution in [0.4, 0.5) is 0 Å². The van der Waals surface area contributed by atoms with Gasteiger partial charge in [-0.25, -0.2) is 0 Å². The molecule has 2 aliphatic rings. The molecule has 1 saturated heterocycles. The van der Waals surface area contributed by atoms with Gasteiger partial charge in [-0.1, -0.05) is 0 Å². The molecule has 80 valence electrons. The molecule has 0 spiro atoms. The second-order valence-electron chi connectivity index (χ2n) is 4.22. The summed E-state index contributed by atoms with van der Waals surface area (Å²) in [6.45, 7) is 3.08. The highest BCUT2D eigenvalue weighted by Gasteiger charge is 2.34. The fourth-order valence-corrected chi connectivity index (χ4v) is 2.09. The first-order valence-corrected chi connectivity index (χ1v) is 5.39. The predicted octanol–water partition coefficient (Wildman–Crippen LogP) is -0.0274. The maximum absolute atomic E-state index is 11.9. The molecular formula is C10H18N2O2. The summed E-state index contributed by atoms with van der Waals surface area (Å²) in [5, 5.41) is 0. The highest BCUT2D eigenvalue weighted by molar-refractivity contribution is 5.79. The van der Waals surface area contributed by atoms with Crippen LogP contribution in [-0.2, 0) is 9.53 Å². The molecule has 14 heavy (non-hydrogen) atoms. The first-order valence-electron chi connectivity index (χ1n) is 5.39. The van der Waals surface area contributed by atoms with Gasteiger partial charge in [-0.05, 0) is 19.3 Å². The Kier molecular flexibility index (Phi) is 3.03. The first kappa shape index (κ1) is 9.93. The van der Waals surface area contributed by atoms with Crippen molar-refractivity contribution in [3.8, 4) is 0 Å². The number of nitrogens with two attached hydrogens (primary N) is 1. The molecule has 0 aromatic rings. The van der Waals surface area contributed by atoms with E-state index in [0.717, 1.165) is 39.0 Å². The van der Waals surface area contributed by atoms with E-state index in [9.17, 15) is 4.79 Å². The molecule has 2 rings (SSSR count). The molecule has 1 heterocycles. The monoisotopic (exact) mass is 198 g/mol. The topological polar surface area (TPSA) is 55.6 Å². The molecule has 2 N–H and O–H groups in total. The van der Waals surface area contributed by atoms with Crippen LogP contribution in [0.3, 0.4) is 0 Å². The Morgan fingerprint density at radius 1 is 1.29 bits per heavy atom. The lowest BCUT2D eigenvalue weighted by Gasteiger charge is -2.35. The van der Waals surface area contributed by atoms with Crippen molar-refractivity contribution < 1.29 is 9.53 Å². The van der Waals surface area contributed by atoms with Crippen LogP contribution in [0.25, 0.3) is 0 Å². The van der Waals surface area contributed by atoms with E-state index >= 15 is 0 Å². The summed E-state index contributed by atoms with van der Waals surface area (Å²) in [5.74, 6) is 0.486. The fraction of sp³-hybridized carbons (Fsp3) is 0.900. The molecule has 0 radical (unpaired) electrons. The van der Waals surface area contributed by atoms with Gasteiger partial charge in [0, 0.05) is 31.7 Å². The molecule has 1 aliphatic heterocycles. The normalized spacial score (nSPS) is 33.4. The molecule has 0 bridgehead atoms. The number of amides is 1. The highest BCUT2D eigenvalue weighted by atomic mass is 16.5. The second kappa shape index (κ2) is 4.28. The van der Waals surface area contributed by atoms with Crippen molar-refractivity contribution in [1.29, 1.82) is 0 Å². The van der Waals surface area contributed by atoms with Crippen LogP contribution in [0, 0.1) is 5.92 Å². The molecule has 0 aromatic carbocycles. The molecule has 2 fully saturated rings. The van der Waals surface area contributed by atoms with Gasteiger partial charge < -0.3 is 15.4 Å². The van der Waals surface area contributed by atoms with Crippen molar-refractivity contribution in [3.63, 3.8) is 0 Å². The van der Waals surface area contributed by atoms with E-state index in [0.29, 0.717) is 6.61 Å². The number of ether oxygens (including phenoxy) is 1. The van der Waals surface area contributed by atoms with Crippen LogP contribution >= 0.6 is 0 Å². The average Bonchev–Trinajstić information content (AvgIpc) is 2.40. The Bertz CT molecular complexity index is 206. The summed E-state index contributed by atoms with van der Waals surface area (Å²) >= 11 is 0. The number of rotatable bonds is 1. The molecule has 1 aliphatic carbocycles. The van der Waals surface area contributed by atoms with Gasteiger partial charge in [-0.3, -0.25) is 4.79 Å². The highest BCUT2D eigenvalue weighted by Crippen LogP contribution is 2.27. The molecule has 0 aromatic heterocycles. The molecule has 0 atom stereocenters. The van der Waals surface area contributed by atoms with Crippen molar-refractivity contribution >= 4 is 5.91 Å². The molecular weight excluding hydrogens is 180 g/mol. The van der Waals surface area contributed by atoms with Crippen molar-refractivity contribution in [2.24, 2.45) is 11.7 Å². The van der Waals surface area contributed by atoms with Crippen LogP contribution in [0.15, 0.2) is 0 Å². The Labute approximate surface area is 84.4 Å². The maximum atomic E-state index is 11.9. The zero-order valence-corrected chi connectivity index (χ0v) is 8.45. The third-order valence-electron chi connectivity index (χ3n) is 3.06. The van der Waals surface area contributed by atoms with E-state index in [1.807, 2.05) is 4.90 Å².